The van der Waals surface area contributed by atoms with E-state index in [1.165, 1.54) is 10.5 Å². The lowest BCUT2D eigenvalue weighted by Gasteiger charge is -2.19. The van der Waals surface area contributed by atoms with Crippen molar-refractivity contribution in [3.63, 3.8) is 0 Å². The van der Waals surface area contributed by atoms with Gasteiger partial charge in [-0.1, -0.05) is 30.7 Å². The highest BCUT2D eigenvalue weighted by molar-refractivity contribution is 5.76. The highest BCUT2D eigenvalue weighted by Crippen LogP contribution is 2.50. The van der Waals surface area contributed by atoms with Crippen LogP contribution in [0.5, 0.6) is 0 Å². The molecule has 0 radical (unpaired) electrons. The number of carbonyl (C=O) groups is 1. The first-order valence-corrected chi connectivity index (χ1v) is 10.2. The van der Waals surface area contributed by atoms with Gasteiger partial charge in [0.2, 0.25) is 5.91 Å². The Morgan fingerprint density at radius 1 is 1.39 bits per heavy atom. The zero-order chi connectivity index (χ0) is 20.7. The largest absolute Gasteiger partial charge is 0.392 e. The number of nitrogens with zero attached hydrogens (tertiary/aromatic N) is 1. The maximum absolute atomic E-state index is 11.5. The van der Waals surface area contributed by atoms with Crippen molar-refractivity contribution in [1.82, 2.24) is 4.90 Å². The van der Waals surface area contributed by atoms with Gasteiger partial charge in [-0.3, -0.25) is 4.79 Å². The van der Waals surface area contributed by atoms with E-state index in [1.54, 1.807) is 21.0 Å². The van der Waals surface area contributed by atoms with E-state index >= 15 is 0 Å². The number of likely N-dealkylation sites (N-methyl/N-ethyl adjacent to an activating group) is 1. The van der Waals surface area contributed by atoms with Gasteiger partial charge in [0.15, 0.2) is 0 Å². The van der Waals surface area contributed by atoms with Crippen LogP contribution in [0, 0.1) is 35.5 Å². The number of aliphatic hydroxyl groups excluding tert-OH is 2. The molecule has 2 rings (SSSR count). The molecule has 0 heterocycles. The molecule has 2 saturated carbocycles. The Labute approximate surface area is 169 Å². The van der Waals surface area contributed by atoms with Crippen LogP contribution in [0.1, 0.15) is 39.5 Å². The fraction of sp³-hybridized carbons (Fsp3) is 0.696. The summed E-state index contributed by atoms with van der Waals surface area (Å²) in [5, 5.41) is 20.8. The number of aliphatic hydroxyl groups is 2. The van der Waals surface area contributed by atoms with Gasteiger partial charge in [-0.2, -0.15) is 0 Å². The number of hydrogen-bond acceptors (Lipinski definition) is 4. The van der Waals surface area contributed by atoms with Crippen molar-refractivity contribution in [1.29, 1.82) is 0 Å². The lowest BCUT2D eigenvalue weighted by molar-refractivity contribution is -0.133. The van der Waals surface area contributed by atoms with Gasteiger partial charge >= 0.3 is 0 Å². The average Bonchev–Trinajstić information content (AvgIpc) is 3.17. The van der Waals surface area contributed by atoms with Crippen molar-refractivity contribution in [3.8, 4) is 11.8 Å². The van der Waals surface area contributed by atoms with E-state index in [-0.39, 0.29) is 30.5 Å². The van der Waals surface area contributed by atoms with Crippen LogP contribution >= 0.6 is 0 Å². The molecule has 2 aliphatic rings. The summed E-state index contributed by atoms with van der Waals surface area (Å²) in [4.78, 5) is 13.1. The van der Waals surface area contributed by atoms with Crippen LogP contribution in [-0.4, -0.2) is 60.5 Å². The molecule has 5 nitrogen and oxygen atoms in total. The summed E-state index contributed by atoms with van der Waals surface area (Å²) in [6, 6.07) is 0. The maximum Gasteiger partial charge on any atom is 0.248 e. The third-order valence-corrected chi connectivity index (χ3v) is 6.04. The number of hydrogen-bond donors (Lipinski definition) is 2. The van der Waals surface area contributed by atoms with Gasteiger partial charge in [-0.05, 0) is 43.9 Å². The number of ether oxygens (including phenoxy) is 1. The molecule has 2 N–H and O–H groups in total. The van der Waals surface area contributed by atoms with Crippen molar-refractivity contribution in [2.75, 3.05) is 27.3 Å². The molecule has 0 saturated heterocycles. The fourth-order valence-electron chi connectivity index (χ4n) is 4.21. The van der Waals surface area contributed by atoms with E-state index in [0.29, 0.717) is 24.9 Å². The molecule has 0 spiro atoms. The van der Waals surface area contributed by atoms with E-state index in [0.717, 1.165) is 19.3 Å². The summed E-state index contributed by atoms with van der Waals surface area (Å²) < 4.78 is 5.45. The Morgan fingerprint density at radius 2 is 2.14 bits per heavy atom. The van der Waals surface area contributed by atoms with Gasteiger partial charge < -0.3 is 19.8 Å². The number of amides is 1. The minimum absolute atomic E-state index is 0.0345. The molecule has 28 heavy (non-hydrogen) atoms. The maximum atomic E-state index is 11.5. The van der Waals surface area contributed by atoms with Crippen LogP contribution in [0.3, 0.4) is 0 Å². The summed E-state index contributed by atoms with van der Waals surface area (Å²) >= 11 is 0. The van der Waals surface area contributed by atoms with Crippen LogP contribution in [0.15, 0.2) is 23.8 Å². The summed E-state index contributed by atoms with van der Waals surface area (Å²) in [7, 11) is 3.44. The molecule has 0 aromatic heterocycles. The monoisotopic (exact) mass is 389 g/mol. The first-order valence-electron chi connectivity index (χ1n) is 10.2. The van der Waals surface area contributed by atoms with Crippen LogP contribution < -0.4 is 0 Å². The predicted molar refractivity (Wildman–Crippen MR) is 110 cm³/mol. The normalized spacial score (nSPS) is 30.1. The molecule has 0 bridgehead atoms. The first kappa shape index (κ1) is 22.7. The number of rotatable bonds is 8. The Balaban J connectivity index is 1.86. The van der Waals surface area contributed by atoms with Crippen LogP contribution in [-0.2, 0) is 9.53 Å². The van der Waals surface area contributed by atoms with Crippen molar-refractivity contribution in [3.05, 3.63) is 23.8 Å². The molecule has 0 aromatic carbocycles. The first-order chi connectivity index (χ1) is 13.3. The number of allylic oxidation sites excluding steroid dienone is 1. The highest BCUT2D eigenvalue weighted by Gasteiger charge is 2.45. The summed E-state index contributed by atoms with van der Waals surface area (Å²) in [6.07, 6.45) is 8.51. The second-order valence-electron chi connectivity index (χ2n) is 8.36. The SMILES string of the molecule is CC#CC[C@H](C)[C@H](O)C=C[C@@H]1[C@H]2CC(=CCOCC(=O)N(C)C)C[C@H]2C[C@H]1O. The number of carbonyl (C=O) groups excluding carboxylic acids is 1. The van der Waals surface area contributed by atoms with Gasteiger partial charge in [0.25, 0.3) is 0 Å². The number of fused-ring (bicyclic) bond motifs is 1. The molecular formula is C23H35NO4. The van der Waals surface area contributed by atoms with Crippen molar-refractivity contribution < 1.29 is 19.7 Å². The third-order valence-electron chi connectivity index (χ3n) is 6.04. The summed E-state index contributed by atoms with van der Waals surface area (Å²) in [6.45, 7) is 4.35. The molecule has 1 amide bonds. The quantitative estimate of drug-likeness (QED) is 0.380. The summed E-state index contributed by atoms with van der Waals surface area (Å²) in [5.41, 5.74) is 1.35. The van der Waals surface area contributed by atoms with Gasteiger partial charge in [0, 0.05) is 26.4 Å². The molecule has 2 aliphatic carbocycles. The van der Waals surface area contributed by atoms with Crippen LogP contribution in [0.25, 0.3) is 0 Å². The predicted octanol–water partition coefficient (Wildman–Crippen LogP) is 2.39. The average molecular weight is 390 g/mol. The Hall–Kier alpha value is -1.61. The van der Waals surface area contributed by atoms with Gasteiger partial charge in [0.05, 0.1) is 18.8 Å². The molecular weight excluding hydrogens is 354 g/mol. The lowest BCUT2D eigenvalue weighted by atomic mass is 9.89. The Bertz CT molecular complexity index is 643. The van der Waals surface area contributed by atoms with E-state index in [2.05, 4.69) is 17.9 Å². The third kappa shape index (κ3) is 6.20. The molecule has 5 heteroatoms. The summed E-state index contributed by atoms with van der Waals surface area (Å²) in [5.74, 6) is 6.91. The fourth-order valence-corrected chi connectivity index (χ4v) is 4.21. The molecule has 0 aliphatic heterocycles. The molecule has 0 unspecified atom stereocenters. The molecule has 6 atom stereocenters. The standard InChI is InChI=1S/C23H35NO4/c1-5-6-7-16(2)21(25)9-8-19-20-13-17(12-18(20)14-22(19)26)10-11-28-15-23(27)24(3)4/h8-10,16,18-22,25-26H,7,11-15H2,1-4H3/t16-,18-,19+,20-,21+,22+/m0/s1. The van der Waals surface area contributed by atoms with Crippen molar-refractivity contribution in [2.24, 2.45) is 23.7 Å². The van der Waals surface area contributed by atoms with Crippen molar-refractivity contribution >= 4 is 5.91 Å². The minimum atomic E-state index is -0.536. The van der Waals surface area contributed by atoms with Crippen molar-refractivity contribution in [2.45, 2.75) is 51.7 Å². The van der Waals surface area contributed by atoms with Gasteiger partial charge in [-0.25, -0.2) is 0 Å². The van der Waals surface area contributed by atoms with E-state index in [1.807, 2.05) is 19.1 Å². The van der Waals surface area contributed by atoms with Gasteiger partial charge in [-0.15, -0.1) is 11.8 Å². The second-order valence-corrected chi connectivity index (χ2v) is 8.36. The van der Waals surface area contributed by atoms with Gasteiger partial charge in [0.1, 0.15) is 6.61 Å². The highest BCUT2D eigenvalue weighted by atomic mass is 16.5. The lowest BCUT2D eigenvalue weighted by Crippen LogP contribution is -2.26. The van der Waals surface area contributed by atoms with E-state index in [9.17, 15) is 15.0 Å². The molecule has 0 aromatic rings. The Morgan fingerprint density at radius 3 is 2.82 bits per heavy atom. The topological polar surface area (TPSA) is 70.0 Å². The smallest absolute Gasteiger partial charge is 0.248 e. The van der Waals surface area contributed by atoms with E-state index < -0.39 is 6.10 Å². The van der Waals surface area contributed by atoms with Crippen LogP contribution in [0.4, 0.5) is 0 Å². The molecule has 156 valence electrons. The Kier molecular flexibility index (Phi) is 8.75. The zero-order valence-corrected chi connectivity index (χ0v) is 17.6. The van der Waals surface area contributed by atoms with E-state index in [4.69, 9.17) is 4.74 Å². The van der Waals surface area contributed by atoms with Crippen LogP contribution in [0.2, 0.25) is 0 Å². The minimum Gasteiger partial charge on any atom is -0.392 e. The second kappa shape index (κ2) is 10.8. The molecule has 2 fully saturated rings. The zero-order valence-electron chi connectivity index (χ0n) is 17.6.